The maximum atomic E-state index is 13.8. The lowest BCUT2D eigenvalue weighted by Crippen LogP contribution is -2.36. The predicted octanol–water partition coefficient (Wildman–Crippen LogP) is 4.65. The average molecular weight is 508 g/mol. The van der Waals surface area contributed by atoms with Crippen molar-refractivity contribution < 1.29 is 33.3 Å². The first-order chi connectivity index (χ1) is 17.9. The van der Waals surface area contributed by atoms with Gasteiger partial charge in [-0.25, -0.2) is 4.79 Å². The van der Waals surface area contributed by atoms with Crippen LogP contribution in [0.5, 0.6) is 23.0 Å². The van der Waals surface area contributed by atoms with Gasteiger partial charge in [-0.05, 0) is 61.6 Å². The number of ether oxygens (including phenoxy) is 5. The lowest BCUT2D eigenvalue weighted by Gasteiger charge is -2.36. The Morgan fingerprint density at radius 1 is 0.892 bits per heavy atom. The van der Waals surface area contributed by atoms with Gasteiger partial charge >= 0.3 is 5.97 Å². The number of carbonyl (C=O) groups is 2. The van der Waals surface area contributed by atoms with Crippen LogP contribution >= 0.6 is 0 Å². The zero-order valence-corrected chi connectivity index (χ0v) is 22.1. The SMILES string of the molecule is CCOc1ccc(C2C(C(=O)OC)=C(C)NC3=C2C(=O)CC(c2ccc(OC)c(OC)c2)C3)cc1OC. The standard InChI is InChI=1S/C29H33NO7/c1-7-37-23-11-9-18(15-25(23)35-5)27-26(29(32)36-6)16(2)30-20-12-19(13-21(31)28(20)27)17-8-10-22(33-3)24(14-17)34-4/h8-11,14-15,19,27,30H,7,12-13H2,1-6H3. The fourth-order valence-electron chi connectivity index (χ4n) is 5.23. The van der Waals surface area contributed by atoms with Crippen LogP contribution in [0, 0.1) is 0 Å². The number of Topliss-reactive ketones (excluding diaryl/α,β-unsaturated/α-hetero) is 1. The zero-order valence-electron chi connectivity index (χ0n) is 22.1. The number of rotatable bonds is 8. The number of hydrogen-bond acceptors (Lipinski definition) is 8. The van der Waals surface area contributed by atoms with Gasteiger partial charge in [0, 0.05) is 29.3 Å². The molecule has 2 unspecified atom stereocenters. The van der Waals surface area contributed by atoms with Gasteiger partial charge in [0.15, 0.2) is 28.8 Å². The van der Waals surface area contributed by atoms with Gasteiger partial charge in [0.25, 0.3) is 0 Å². The van der Waals surface area contributed by atoms with Crippen molar-refractivity contribution in [3.63, 3.8) is 0 Å². The summed E-state index contributed by atoms with van der Waals surface area (Å²) in [5.74, 6) is 1.23. The van der Waals surface area contributed by atoms with E-state index in [0.29, 0.717) is 59.3 Å². The molecule has 37 heavy (non-hydrogen) atoms. The maximum absolute atomic E-state index is 13.8. The van der Waals surface area contributed by atoms with E-state index in [9.17, 15) is 9.59 Å². The van der Waals surface area contributed by atoms with Crippen molar-refractivity contribution in [2.45, 2.75) is 38.5 Å². The topological polar surface area (TPSA) is 92.3 Å². The van der Waals surface area contributed by atoms with Crippen molar-refractivity contribution in [3.8, 4) is 23.0 Å². The van der Waals surface area contributed by atoms with E-state index >= 15 is 0 Å². The van der Waals surface area contributed by atoms with E-state index < -0.39 is 11.9 Å². The van der Waals surface area contributed by atoms with Gasteiger partial charge in [0.05, 0.1) is 40.6 Å². The molecule has 4 rings (SSSR count). The summed E-state index contributed by atoms with van der Waals surface area (Å²) in [4.78, 5) is 26.7. The Kier molecular flexibility index (Phi) is 7.76. The smallest absolute Gasteiger partial charge is 0.336 e. The molecule has 2 aromatic rings. The summed E-state index contributed by atoms with van der Waals surface area (Å²) in [6.45, 7) is 4.22. The number of dihydropyridines is 1. The molecule has 0 saturated heterocycles. The number of allylic oxidation sites excluding steroid dienone is 3. The van der Waals surface area contributed by atoms with Gasteiger partial charge in [-0.1, -0.05) is 12.1 Å². The monoisotopic (exact) mass is 507 g/mol. The minimum atomic E-state index is -0.591. The molecule has 0 saturated carbocycles. The van der Waals surface area contributed by atoms with Crippen molar-refractivity contribution in [3.05, 3.63) is 70.1 Å². The van der Waals surface area contributed by atoms with E-state index in [1.54, 1.807) is 21.3 Å². The molecule has 0 amide bonds. The Morgan fingerprint density at radius 2 is 1.51 bits per heavy atom. The van der Waals surface area contributed by atoms with Gasteiger partial charge in [0.2, 0.25) is 0 Å². The molecule has 0 radical (unpaired) electrons. The summed E-state index contributed by atoms with van der Waals surface area (Å²) < 4.78 is 27.2. The maximum Gasteiger partial charge on any atom is 0.336 e. The van der Waals surface area contributed by atoms with E-state index in [-0.39, 0.29) is 11.7 Å². The van der Waals surface area contributed by atoms with Crippen LogP contribution in [0.15, 0.2) is 58.9 Å². The first-order valence-corrected chi connectivity index (χ1v) is 12.2. The van der Waals surface area contributed by atoms with Gasteiger partial charge < -0.3 is 29.0 Å². The molecule has 1 N–H and O–H groups in total. The first-order valence-electron chi connectivity index (χ1n) is 12.2. The second kappa shape index (κ2) is 11.0. The third-order valence-electron chi connectivity index (χ3n) is 6.93. The van der Waals surface area contributed by atoms with Gasteiger partial charge in [-0.2, -0.15) is 0 Å². The lowest BCUT2D eigenvalue weighted by molar-refractivity contribution is -0.136. The highest BCUT2D eigenvalue weighted by Crippen LogP contribution is 2.47. The second-order valence-electron chi connectivity index (χ2n) is 8.97. The third kappa shape index (κ3) is 4.88. The van der Waals surface area contributed by atoms with Crippen LogP contribution < -0.4 is 24.3 Å². The summed E-state index contributed by atoms with van der Waals surface area (Å²) in [6, 6.07) is 11.2. The highest BCUT2D eigenvalue weighted by Gasteiger charge is 2.41. The number of carbonyl (C=O) groups excluding carboxylic acids is 2. The number of hydrogen-bond donors (Lipinski definition) is 1. The predicted molar refractivity (Wildman–Crippen MR) is 138 cm³/mol. The first kappa shape index (κ1) is 26.1. The van der Waals surface area contributed by atoms with Crippen LogP contribution in [0.2, 0.25) is 0 Å². The van der Waals surface area contributed by atoms with E-state index in [1.807, 2.05) is 50.2 Å². The number of nitrogens with one attached hydrogen (secondary N) is 1. The number of benzene rings is 2. The summed E-state index contributed by atoms with van der Waals surface area (Å²) in [5.41, 5.74) is 4.19. The molecule has 1 aliphatic heterocycles. The molecule has 1 heterocycles. The van der Waals surface area contributed by atoms with E-state index in [1.165, 1.54) is 7.11 Å². The normalized spacial score (nSPS) is 19.1. The van der Waals surface area contributed by atoms with Crippen molar-refractivity contribution in [2.24, 2.45) is 0 Å². The fraction of sp³-hybridized carbons (Fsp3) is 0.379. The molecular formula is C29H33NO7. The number of methoxy groups -OCH3 is 4. The quantitative estimate of drug-likeness (QED) is 0.517. The molecule has 0 bridgehead atoms. The summed E-state index contributed by atoms with van der Waals surface area (Å²) in [5, 5.41) is 3.35. The fourth-order valence-corrected chi connectivity index (χ4v) is 5.23. The zero-order chi connectivity index (χ0) is 26.7. The molecule has 0 spiro atoms. The van der Waals surface area contributed by atoms with Crippen molar-refractivity contribution >= 4 is 11.8 Å². The highest BCUT2D eigenvalue weighted by atomic mass is 16.5. The van der Waals surface area contributed by atoms with Crippen LogP contribution in [0.1, 0.15) is 49.7 Å². The molecule has 8 nitrogen and oxygen atoms in total. The molecule has 196 valence electrons. The van der Waals surface area contributed by atoms with Crippen molar-refractivity contribution in [2.75, 3.05) is 35.0 Å². The van der Waals surface area contributed by atoms with Crippen LogP contribution in [0.4, 0.5) is 0 Å². The third-order valence-corrected chi connectivity index (χ3v) is 6.93. The second-order valence-corrected chi connectivity index (χ2v) is 8.97. The molecule has 0 aromatic heterocycles. The minimum absolute atomic E-state index is 0.0275. The van der Waals surface area contributed by atoms with E-state index in [0.717, 1.165) is 16.8 Å². The molecular weight excluding hydrogens is 474 g/mol. The molecule has 0 fully saturated rings. The highest BCUT2D eigenvalue weighted by molar-refractivity contribution is 6.04. The summed E-state index contributed by atoms with van der Waals surface area (Å²) in [7, 11) is 6.10. The van der Waals surface area contributed by atoms with E-state index in [4.69, 9.17) is 23.7 Å². The Balaban J connectivity index is 1.80. The van der Waals surface area contributed by atoms with Crippen LogP contribution in [0.25, 0.3) is 0 Å². The Bertz CT molecular complexity index is 1280. The molecule has 2 atom stereocenters. The summed E-state index contributed by atoms with van der Waals surface area (Å²) in [6.07, 6.45) is 0.904. The average Bonchev–Trinajstić information content (AvgIpc) is 2.91. The molecule has 2 aromatic carbocycles. The van der Waals surface area contributed by atoms with Crippen molar-refractivity contribution in [1.29, 1.82) is 0 Å². The van der Waals surface area contributed by atoms with Crippen molar-refractivity contribution in [1.82, 2.24) is 5.32 Å². The number of ketones is 1. The van der Waals surface area contributed by atoms with Gasteiger partial charge in [0.1, 0.15) is 0 Å². The van der Waals surface area contributed by atoms with Crippen LogP contribution in [0.3, 0.4) is 0 Å². The summed E-state index contributed by atoms with van der Waals surface area (Å²) >= 11 is 0. The number of esters is 1. The molecule has 1 aliphatic carbocycles. The van der Waals surface area contributed by atoms with Crippen LogP contribution in [-0.2, 0) is 14.3 Å². The minimum Gasteiger partial charge on any atom is -0.493 e. The Hall–Kier alpha value is -3.94. The lowest BCUT2D eigenvalue weighted by atomic mass is 9.71. The van der Waals surface area contributed by atoms with Crippen LogP contribution in [-0.4, -0.2) is 46.8 Å². The molecule has 8 heteroatoms. The van der Waals surface area contributed by atoms with Gasteiger partial charge in [-0.15, -0.1) is 0 Å². The molecule has 2 aliphatic rings. The Labute approximate surface area is 217 Å². The largest absolute Gasteiger partial charge is 0.493 e. The van der Waals surface area contributed by atoms with E-state index in [2.05, 4.69) is 5.32 Å². The Morgan fingerprint density at radius 3 is 2.16 bits per heavy atom. The van der Waals surface area contributed by atoms with Gasteiger partial charge in [-0.3, -0.25) is 4.79 Å².